The molecule has 0 bridgehead atoms. The molecule has 0 radical (unpaired) electrons. The van der Waals surface area contributed by atoms with Gasteiger partial charge in [0.05, 0.1) is 18.4 Å². The lowest BCUT2D eigenvalue weighted by Gasteiger charge is -2.38. The van der Waals surface area contributed by atoms with Gasteiger partial charge < -0.3 is 23.8 Å². The number of morpholine rings is 1. The SMILES string of the molecule is Cc1cc(C2(C(=O)N(C)CC3CN(C)CCO3)CCOCC2)on1. The van der Waals surface area contributed by atoms with Crippen molar-refractivity contribution in [1.29, 1.82) is 0 Å². The number of likely N-dealkylation sites (N-methyl/N-ethyl adjacent to an activating group) is 2. The van der Waals surface area contributed by atoms with E-state index in [1.807, 2.05) is 20.0 Å². The number of ether oxygens (including phenoxy) is 2. The van der Waals surface area contributed by atoms with Crippen molar-refractivity contribution in [2.45, 2.75) is 31.3 Å². The van der Waals surface area contributed by atoms with Gasteiger partial charge in [-0.2, -0.15) is 0 Å². The van der Waals surface area contributed by atoms with Crippen LogP contribution in [0.2, 0.25) is 0 Å². The molecule has 134 valence electrons. The van der Waals surface area contributed by atoms with Gasteiger partial charge in [-0.25, -0.2) is 0 Å². The Kier molecular flexibility index (Phi) is 5.22. The van der Waals surface area contributed by atoms with Crippen LogP contribution in [0.15, 0.2) is 10.6 Å². The minimum Gasteiger partial charge on any atom is -0.381 e. The molecule has 0 spiro atoms. The van der Waals surface area contributed by atoms with Crippen LogP contribution in [-0.4, -0.2) is 80.5 Å². The molecule has 2 aliphatic heterocycles. The fraction of sp³-hybridized carbons (Fsp3) is 0.765. The molecular formula is C17H27N3O4. The summed E-state index contributed by atoms with van der Waals surface area (Å²) in [4.78, 5) is 17.3. The van der Waals surface area contributed by atoms with Crippen LogP contribution in [0.1, 0.15) is 24.3 Å². The molecule has 7 nitrogen and oxygen atoms in total. The number of aryl methyl sites for hydroxylation is 1. The zero-order valence-corrected chi connectivity index (χ0v) is 14.8. The molecule has 1 unspecified atom stereocenters. The highest BCUT2D eigenvalue weighted by Gasteiger charge is 2.46. The van der Waals surface area contributed by atoms with Crippen LogP contribution in [0.4, 0.5) is 0 Å². The maximum atomic E-state index is 13.3. The Balaban J connectivity index is 1.75. The molecule has 2 aliphatic rings. The van der Waals surface area contributed by atoms with Crippen molar-refractivity contribution in [2.75, 3.05) is 53.6 Å². The van der Waals surface area contributed by atoms with E-state index in [2.05, 4.69) is 17.1 Å². The molecular weight excluding hydrogens is 310 g/mol. The molecule has 1 amide bonds. The number of nitrogens with zero attached hydrogens (tertiary/aromatic N) is 3. The van der Waals surface area contributed by atoms with Crippen molar-refractivity contribution in [2.24, 2.45) is 0 Å². The summed E-state index contributed by atoms with van der Waals surface area (Å²) < 4.78 is 16.8. The van der Waals surface area contributed by atoms with E-state index < -0.39 is 5.41 Å². The third kappa shape index (κ3) is 3.48. The first-order valence-corrected chi connectivity index (χ1v) is 8.58. The summed E-state index contributed by atoms with van der Waals surface area (Å²) in [6.45, 7) is 6.06. The van der Waals surface area contributed by atoms with E-state index >= 15 is 0 Å². The topological polar surface area (TPSA) is 68.0 Å². The Hall–Kier alpha value is -1.44. The van der Waals surface area contributed by atoms with Crippen molar-refractivity contribution in [3.05, 3.63) is 17.5 Å². The molecule has 0 aromatic carbocycles. The zero-order valence-electron chi connectivity index (χ0n) is 14.8. The Morgan fingerprint density at radius 2 is 2.17 bits per heavy atom. The molecule has 24 heavy (non-hydrogen) atoms. The van der Waals surface area contributed by atoms with Crippen molar-refractivity contribution in [1.82, 2.24) is 15.0 Å². The highest BCUT2D eigenvalue weighted by molar-refractivity contribution is 5.87. The van der Waals surface area contributed by atoms with E-state index in [4.69, 9.17) is 14.0 Å². The van der Waals surface area contributed by atoms with Crippen molar-refractivity contribution in [3.63, 3.8) is 0 Å². The van der Waals surface area contributed by atoms with Gasteiger partial charge in [0.2, 0.25) is 5.91 Å². The molecule has 1 aromatic rings. The van der Waals surface area contributed by atoms with E-state index in [9.17, 15) is 4.79 Å². The van der Waals surface area contributed by atoms with Crippen LogP contribution in [-0.2, 0) is 19.7 Å². The van der Waals surface area contributed by atoms with Crippen LogP contribution in [0.5, 0.6) is 0 Å². The van der Waals surface area contributed by atoms with Crippen molar-refractivity contribution < 1.29 is 18.8 Å². The molecule has 0 saturated carbocycles. The van der Waals surface area contributed by atoms with Gasteiger partial charge in [0.15, 0.2) is 5.76 Å². The average molecular weight is 337 g/mol. The Morgan fingerprint density at radius 1 is 1.42 bits per heavy atom. The average Bonchev–Trinajstić information content (AvgIpc) is 3.02. The zero-order chi connectivity index (χ0) is 17.2. The molecule has 2 fully saturated rings. The monoisotopic (exact) mass is 337 g/mol. The van der Waals surface area contributed by atoms with Gasteiger partial charge >= 0.3 is 0 Å². The first-order valence-electron chi connectivity index (χ1n) is 8.58. The minimum absolute atomic E-state index is 0.0473. The first kappa shape index (κ1) is 17.4. The molecule has 3 heterocycles. The number of amides is 1. The Bertz CT molecular complexity index is 568. The third-order valence-electron chi connectivity index (χ3n) is 5.02. The van der Waals surface area contributed by atoms with Gasteiger partial charge in [-0.15, -0.1) is 0 Å². The van der Waals surface area contributed by atoms with Crippen LogP contribution in [0.3, 0.4) is 0 Å². The lowest BCUT2D eigenvalue weighted by atomic mass is 9.76. The minimum atomic E-state index is -0.672. The smallest absolute Gasteiger partial charge is 0.236 e. The molecule has 7 heteroatoms. The lowest BCUT2D eigenvalue weighted by molar-refractivity contribution is -0.144. The Labute approximate surface area is 142 Å². The molecule has 0 N–H and O–H groups in total. The highest BCUT2D eigenvalue weighted by atomic mass is 16.5. The maximum absolute atomic E-state index is 13.3. The second-order valence-corrected chi connectivity index (χ2v) is 6.97. The van der Waals surface area contributed by atoms with Gasteiger partial charge in [0.25, 0.3) is 0 Å². The maximum Gasteiger partial charge on any atom is 0.236 e. The van der Waals surface area contributed by atoms with E-state index in [-0.39, 0.29) is 12.0 Å². The predicted molar refractivity (Wildman–Crippen MR) is 87.8 cm³/mol. The van der Waals surface area contributed by atoms with Gasteiger partial charge in [0.1, 0.15) is 5.41 Å². The quantitative estimate of drug-likeness (QED) is 0.810. The standard InChI is InChI=1S/C17H27N3O4/c1-13-10-15(24-18-13)17(4-7-22-8-5-17)16(21)20(3)12-14-11-19(2)6-9-23-14/h10,14H,4-9,11-12H2,1-3H3. The van der Waals surface area contributed by atoms with Crippen molar-refractivity contribution >= 4 is 5.91 Å². The van der Waals surface area contributed by atoms with Crippen LogP contribution < -0.4 is 0 Å². The summed E-state index contributed by atoms with van der Waals surface area (Å²) in [5.74, 6) is 0.723. The highest BCUT2D eigenvalue weighted by Crippen LogP contribution is 2.37. The first-order chi connectivity index (χ1) is 11.5. The predicted octanol–water partition coefficient (Wildman–Crippen LogP) is 0.820. The van der Waals surface area contributed by atoms with E-state index in [0.29, 0.717) is 45.0 Å². The number of carbonyl (C=O) groups excluding carboxylic acids is 1. The summed E-state index contributed by atoms with van der Waals surface area (Å²) in [6.07, 6.45) is 1.29. The summed E-state index contributed by atoms with van der Waals surface area (Å²) >= 11 is 0. The van der Waals surface area contributed by atoms with Crippen LogP contribution in [0.25, 0.3) is 0 Å². The largest absolute Gasteiger partial charge is 0.381 e. The number of hydrogen-bond acceptors (Lipinski definition) is 6. The van der Waals surface area contributed by atoms with E-state index in [0.717, 1.165) is 18.8 Å². The van der Waals surface area contributed by atoms with E-state index in [1.54, 1.807) is 4.90 Å². The number of carbonyl (C=O) groups is 1. The molecule has 1 atom stereocenters. The summed E-state index contributed by atoms with van der Waals surface area (Å²) in [5, 5.41) is 3.99. The number of hydrogen-bond donors (Lipinski definition) is 0. The normalized spacial score (nSPS) is 24.7. The number of rotatable bonds is 4. The lowest BCUT2D eigenvalue weighted by Crippen LogP contribution is -2.52. The second-order valence-electron chi connectivity index (χ2n) is 6.97. The van der Waals surface area contributed by atoms with Gasteiger partial charge in [-0.3, -0.25) is 4.79 Å². The third-order valence-corrected chi connectivity index (χ3v) is 5.02. The molecule has 3 rings (SSSR count). The molecule has 2 saturated heterocycles. The van der Waals surface area contributed by atoms with Crippen molar-refractivity contribution in [3.8, 4) is 0 Å². The molecule has 1 aromatic heterocycles. The van der Waals surface area contributed by atoms with Gasteiger partial charge in [-0.1, -0.05) is 5.16 Å². The fourth-order valence-electron chi connectivity index (χ4n) is 3.61. The molecule has 0 aliphatic carbocycles. The van der Waals surface area contributed by atoms with Gasteiger partial charge in [0, 0.05) is 46.0 Å². The summed E-state index contributed by atoms with van der Waals surface area (Å²) in [5.41, 5.74) is 0.123. The summed E-state index contributed by atoms with van der Waals surface area (Å²) in [7, 11) is 3.93. The Morgan fingerprint density at radius 3 is 2.79 bits per heavy atom. The van der Waals surface area contributed by atoms with E-state index in [1.165, 1.54) is 0 Å². The fourth-order valence-corrected chi connectivity index (χ4v) is 3.61. The van der Waals surface area contributed by atoms with Crippen LogP contribution in [0, 0.1) is 6.92 Å². The van der Waals surface area contributed by atoms with Crippen LogP contribution >= 0.6 is 0 Å². The summed E-state index contributed by atoms with van der Waals surface area (Å²) in [6, 6.07) is 1.88. The van der Waals surface area contributed by atoms with Gasteiger partial charge in [-0.05, 0) is 26.8 Å². The second kappa shape index (κ2) is 7.21. The number of aromatic nitrogens is 1.